The highest BCUT2D eigenvalue weighted by Crippen LogP contribution is 2.39. The standard InChI is InChI=1S/C23H23ClN2O4/c24-18-8-6-16(7-9-18)20-19(21(27)17-4-2-1-3-5-17)22(28)23(29)26(20)11-10-25-12-14-30-15-13-25/h1-9,20,27H,10-15H2/b21-19+/t20-/m0/s1. The van der Waals surface area contributed by atoms with Crippen LogP contribution in [0.25, 0.3) is 5.76 Å². The average Bonchev–Trinajstić information content (AvgIpc) is 3.04. The number of amides is 1. The number of hydrogen-bond donors (Lipinski definition) is 1. The second-order valence-corrected chi connectivity index (χ2v) is 7.80. The molecule has 1 atom stereocenters. The Labute approximate surface area is 180 Å². The molecule has 2 aromatic rings. The number of nitrogens with zero attached hydrogens (tertiary/aromatic N) is 2. The molecule has 30 heavy (non-hydrogen) atoms. The maximum absolute atomic E-state index is 13.0. The Morgan fingerprint density at radius 1 is 1.00 bits per heavy atom. The van der Waals surface area contributed by atoms with Crippen LogP contribution in [-0.4, -0.2) is 66.0 Å². The van der Waals surface area contributed by atoms with Crippen molar-refractivity contribution in [2.75, 3.05) is 39.4 Å². The van der Waals surface area contributed by atoms with Crippen molar-refractivity contribution in [2.45, 2.75) is 6.04 Å². The first kappa shape index (κ1) is 20.6. The van der Waals surface area contributed by atoms with Gasteiger partial charge in [-0.25, -0.2) is 0 Å². The minimum Gasteiger partial charge on any atom is -0.507 e. The van der Waals surface area contributed by atoms with Crippen LogP contribution in [0.15, 0.2) is 60.2 Å². The molecule has 156 valence electrons. The number of carbonyl (C=O) groups is 2. The van der Waals surface area contributed by atoms with Gasteiger partial charge in [0.1, 0.15) is 5.76 Å². The second-order valence-electron chi connectivity index (χ2n) is 7.36. The first-order valence-corrected chi connectivity index (χ1v) is 10.3. The molecule has 2 saturated heterocycles. The van der Waals surface area contributed by atoms with E-state index in [1.807, 2.05) is 6.07 Å². The van der Waals surface area contributed by atoms with Crippen molar-refractivity contribution >= 4 is 29.1 Å². The quantitative estimate of drug-likeness (QED) is 0.452. The lowest BCUT2D eigenvalue weighted by atomic mass is 9.95. The van der Waals surface area contributed by atoms with Crippen molar-refractivity contribution in [3.05, 3.63) is 76.3 Å². The molecular weight excluding hydrogens is 404 g/mol. The molecule has 4 rings (SSSR count). The predicted octanol–water partition coefficient (Wildman–Crippen LogP) is 3.09. The van der Waals surface area contributed by atoms with Crippen LogP contribution < -0.4 is 0 Å². The fourth-order valence-electron chi connectivity index (χ4n) is 3.93. The SMILES string of the molecule is O=C1C(=O)N(CCN2CCOCC2)[C@@H](c2ccc(Cl)cc2)/C1=C(\O)c1ccccc1. The Kier molecular flexibility index (Phi) is 6.18. The van der Waals surface area contributed by atoms with E-state index in [-0.39, 0.29) is 11.3 Å². The molecular formula is C23H23ClN2O4. The van der Waals surface area contributed by atoms with Gasteiger partial charge in [-0.3, -0.25) is 14.5 Å². The van der Waals surface area contributed by atoms with Gasteiger partial charge in [0.15, 0.2) is 0 Å². The summed E-state index contributed by atoms with van der Waals surface area (Å²) in [7, 11) is 0. The lowest BCUT2D eigenvalue weighted by Gasteiger charge is -2.31. The van der Waals surface area contributed by atoms with E-state index in [4.69, 9.17) is 16.3 Å². The normalized spacial score (nSPS) is 21.9. The number of rotatable bonds is 5. The van der Waals surface area contributed by atoms with Crippen LogP contribution in [0.3, 0.4) is 0 Å². The first-order valence-electron chi connectivity index (χ1n) is 9.95. The minimum atomic E-state index is -0.668. The summed E-state index contributed by atoms with van der Waals surface area (Å²) in [6.07, 6.45) is 0. The number of aliphatic hydroxyl groups excluding tert-OH is 1. The van der Waals surface area contributed by atoms with Gasteiger partial charge in [0.2, 0.25) is 0 Å². The van der Waals surface area contributed by atoms with E-state index in [1.54, 1.807) is 53.4 Å². The van der Waals surface area contributed by atoms with Crippen molar-refractivity contribution in [3.8, 4) is 0 Å². The van der Waals surface area contributed by atoms with Gasteiger partial charge in [-0.1, -0.05) is 54.1 Å². The molecule has 0 bridgehead atoms. The summed E-state index contributed by atoms with van der Waals surface area (Å²) < 4.78 is 5.38. The number of ketones is 1. The molecule has 1 N–H and O–H groups in total. The lowest BCUT2D eigenvalue weighted by molar-refractivity contribution is -0.140. The third kappa shape index (κ3) is 4.12. The second kappa shape index (κ2) is 9.00. The summed E-state index contributed by atoms with van der Waals surface area (Å²) in [5.41, 5.74) is 1.34. The number of carbonyl (C=O) groups excluding carboxylic acids is 2. The Morgan fingerprint density at radius 2 is 1.67 bits per heavy atom. The molecule has 0 radical (unpaired) electrons. The molecule has 6 nitrogen and oxygen atoms in total. The molecule has 2 heterocycles. The Bertz CT molecular complexity index is 953. The van der Waals surface area contributed by atoms with E-state index in [0.29, 0.717) is 36.9 Å². The van der Waals surface area contributed by atoms with E-state index in [1.165, 1.54) is 0 Å². The van der Waals surface area contributed by atoms with E-state index in [0.717, 1.165) is 18.7 Å². The molecule has 0 aliphatic carbocycles. The summed E-state index contributed by atoms with van der Waals surface area (Å²) >= 11 is 6.04. The van der Waals surface area contributed by atoms with Gasteiger partial charge in [0, 0.05) is 36.8 Å². The molecule has 2 aliphatic heterocycles. The van der Waals surface area contributed by atoms with Crippen molar-refractivity contribution < 1.29 is 19.4 Å². The van der Waals surface area contributed by atoms with Gasteiger partial charge < -0.3 is 14.7 Å². The summed E-state index contributed by atoms with van der Waals surface area (Å²) in [5, 5.41) is 11.5. The summed E-state index contributed by atoms with van der Waals surface area (Å²) in [4.78, 5) is 29.7. The highest BCUT2D eigenvalue weighted by Gasteiger charge is 2.46. The maximum Gasteiger partial charge on any atom is 0.295 e. The van der Waals surface area contributed by atoms with Gasteiger partial charge in [0.25, 0.3) is 11.7 Å². The number of morpholine rings is 1. The number of benzene rings is 2. The van der Waals surface area contributed by atoms with Crippen LogP contribution in [0.1, 0.15) is 17.2 Å². The zero-order chi connectivity index (χ0) is 21.1. The molecule has 0 spiro atoms. The monoisotopic (exact) mass is 426 g/mol. The number of Topliss-reactive ketones (excluding diaryl/α,β-unsaturated/α-hetero) is 1. The van der Waals surface area contributed by atoms with Crippen LogP contribution in [-0.2, 0) is 14.3 Å². The van der Waals surface area contributed by atoms with E-state index < -0.39 is 17.7 Å². The van der Waals surface area contributed by atoms with Crippen LogP contribution >= 0.6 is 11.6 Å². The fourth-order valence-corrected chi connectivity index (χ4v) is 4.05. The maximum atomic E-state index is 13.0. The lowest BCUT2D eigenvalue weighted by Crippen LogP contribution is -2.42. The van der Waals surface area contributed by atoms with Crippen molar-refractivity contribution in [3.63, 3.8) is 0 Å². The van der Waals surface area contributed by atoms with E-state index in [9.17, 15) is 14.7 Å². The Morgan fingerprint density at radius 3 is 2.33 bits per heavy atom. The topological polar surface area (TPSA) is 70.1 Å². The highest BCUT2D eigenvalue weighted by molar-refractivity contribution is 6.46. The molecule has 1 amide bonds. The Balaban J connectivity index is 1.72. The molecule has 7 heteroatoms. The highest BCUT2D eigenvalue weighted by atomic mass is 35.5. The van der Waals surface area contributed by atoms with Gasteiger partial charge in [-0.2, -0.15) is 0 Å². The number of aliphatic hydroxyl groups is 1. The summed E-state index contributed by atoms with van der Waals surface area (Å²) in [6, 6.07) is 15.2. The molecule has 2 aromatic carbocycles. The minimum absolute atomic E-state index is 0.107. The molecule has 0 unspecified atom stereocenters. The fraction of sp³-hybridized carbons (Fsp3) is 0.304. The van der Waals surface area contributed by atoms with Gasteiger partial charge in [-0.15, -0.1) is 0 Å². The largest absolute Gasteiger partial charge is 0.507 e. The molecule has 0 saturated carbocycles. The number of halogens is 1. The van der Waals surface area contributed by atoms with Crippen LogP contribution in [0, 0.1) is 0 Å². The smallest absolute Gasteiger partial charge is 0.295 e. The van der Waals surface area contributed by atoms with E-state index >= 15 is 0 Å². The van der Waals surface area contributed by atoms with Crippen molar-refractivity contribution in [2.24, 2.45) is 0 Å². The number of ether oxygens (including phenoxy) is 1. The average molecular weight is 427 g/mol. The predicted molar refractivity (Wildman–Crippen MR) is 114 cm³/mol. The third-order valence-corrected chi connectivity index (χ3v) is 5.79. The van der Waals surface area contributed by atoms with Crippen LogP contribution in [0.5, 0.6) is 0 Å². The van der Waals surface area contributed by atoms with E-state index in [2.05, 4.69) is 4.90 Å². The zero-order valence-electron chi connectivity index (χ0n) is 16.5. The van der Waals surface area contributed by atoms with Gasteiger partial charge in [-0.05, 0) is 17.7 Å². The van der Waals surface area contributed by atoms with Crippen LogP contribution in [0.4, 0.5) is 0 Å². The Hall–Kier alpha value is -2.67. The van der Waals surface area contributed by atoms with Gasteiger partial charge in [0.05, 0.1) is 24.8 Å². The number of hydrogen-bond acceptors (Lipinski definition) is 5. The van der Waals surface area contributed by atoms with Crippen molar-refractivity contribution in [1.82, 2.24) is 9.80 Å². The van der Waals surface area contributed by atoms with Crippen LogP contribution in [0.2, 0.25) is 5.02 Å². The third-order valence-electron chi connectivity index (χ3n) is 5.53. The summed E-state index contributed by atoms with van der Waals surface area (Å²) in [5.74, 6) is -1.43. The zero-order valence-corrected chi connectivity index (χ0v) is 17.2. The van der Waals surface area contributed by atoms with Crippen molar-refractivity contribution in [1.29, 1.82) is 0 Å². The molecule has 2 fully saturated rings. The summed E-state index contributed by atoms with van der Waals surface area (Å²) in [6.45, 7) is 3.91. The molecule has 2 aliphatic rings. The molecule has 0 aromatic heterocycles. The first-order chi connectivity index (χ1) is 14.6. The van der Waals surface area contributed by atoms with Gasteiger partial charge >= 0.3 is 0 Å². The number of likely N-dealkylation sites (tertiary alicyclic amines) is 1.